The molecule has 0 atom stereocenters. The molecule has 0 saturated heterocycles. The summed E-state index contributed by atoms with van der Waals surface area (Å²) in [5, 5.41) is 9.47. The number of anilines is 1. The van der Waals surface area contributed by atoms with Gasteiger partial charge >= 0.3 is 6.03 Å². The van der Waals surface area contributed by atoms with Crippen molar-refractivity contribution in [2.75, 3.05) is 25.1 Å². The summed E-state index contributed by atoms with van der Waals surface area (Å²) in [6, 6.07) is 41.1. The van der Waals surface area contributed by atoms with Gasteiger partial charge in [-0.1, -0.05) is 103 Å². The molecule has 0 fully saturated rings. The van der Waals surface area contributed by atoms with Gasteiger partial charge < -0.3 is 15.8 Å². The van der Waals surface area contributed by atoms with Gasteiger partial charge in [0.2, 0.25) is 0 Å². The highest BCUT2D eigenvalue weighted by Gasteiger charge is 2.30. The fourth-order valence-electron chi connectivity index (χ4n) is 5.80. The SMILES string of the molecule is COc1ccc(/C=C/C2=NN(CCCCN)C(=O)N(Cc3ccc(-c4ccccc4)cc3)c3cc(C(=O)NCc4ccccc4)ccc32)cc1.Cl. The molecule has 6 rings (SSSR count). The first kappa shape index (κ1) is 36.6. The lowest BCUT2D eigenvalue weighted by atomic mass is 10.0. The van der Waals surface area contributed by atoms with Crippen molar-refractivity contribution >= 4 is 41.8 Å². The molecule has 260 valence electrons. The minimum atomic E-state index is -0.273. The average Bonchev–Trinajstić information content (AvgIpc) is 3.27. The van der Waals surface area contributed by atoms with Crippen LogP contribution in [0.1, 0.15) is 45.5 Å². The molecule has 51 heavy (non-hydrogen) atoms. The van der Waals surface area contributed by atoms with Crippen LogP contribution >= 0.6 is 12.4 Å². The van der Waals surface area contributed by atoms with Crippen LogP contribution in [0.4, 0.5) is 10.5 Å². The Morgan fingerprint density at radius 1 is 0.804 bits per heavy atom. The number of allylic oxidation sites excluding steroid dienone is 1. The van der Waals surface area contributed by atoms with Crippen LogP contribution in [0, 0.1) is 0 Å². The highest BCUT2D eigenvalue weighted by molar-refractivity contribution is 6.17. The highest BCUT2D eigenvalue weighted by atomic mass is 35.5. The Labute approximate surface area is 305 Å². The molecule has 0 spiro atoms. The first-order valence-electron chi connectivity index (χ1n) is 16.8. The van der Waals surface area contributed by atoms with E-state index in [0.29, 0.717) is 43.0 Å². The van der Waals surface area contributed by atoms with Crippen LogP contribution in [0.25, 0.3) is 17.2 Å². The van der Waals surface area contributed by atoms with Crippen LogP contribution in [0.5, 0.6) is 5.75 Å². The summed E-state index contributed by atoms with van der Waals surface area (Å²) < 4.78 is 5.32. The van der Waals surface area contributed by atoms with Crippen LogP contribution in [0.2, 0.25) is 0 Å². The van der Waals surface area contributed by atoms with E-state index in [1.165, 1.54) is 5.01 Å². The molecule has 1 aliphatic rings. The lowest BCUT2D eigenvalue weighted by Gasteiger charge is -2.27. The van der Waals surface area contributed by atoms with Crippen LogP contribution in [0.15, 0.2) is 139 Å². The maximum absolute atomic E-state index is 14.5. The summed E-state index contributed by atoms with van der Waals surface area (Å²) in [6.07, 6.45) is 5.33. The number of hydrogen-bond donors (Lipinski definition) is 2. The fraction of sp³-hybridized carbons (Fsp3) is 0.167. The molecule has 0 aliphatic carbocycles. The number of ether oxygens (including phenoxy) is 1. The van der Waals surface area contributed by atoms with Gasteiger partial charge in [0.25, 0.3) is 5.91 Å². The number of rotatable bonds is 13. The second-order valence-electron chi connectivity index (χ2n) is 12.0. The van der Waals surface area contributed by atoms with Gasteiger partial charge in [-0.15, -0.1) is 12.4 Å². The second-order valence-corrected chi connectivity index (χ2v) is 12.0. The van der Waals surface area contributed by atoms with E-state index in [1.54, 1.807) is 24.1 Å². The van der Waals surface area contributed by atoms with E-state index < -0.39 is 0 Å². The molecule has 3 amide bonds. The normalized spacial score (nSPS) is 12.5. The molecule has 9 heteroatoms. The number of carbonyl (C=O) groups is 2. The molecule has 3 N–H and O–H groups in total. The quantitative estimate of drug-likeness (QED) is 0.121. The van der Waals surface area contributed by atoms with E-state index in [1.807, 2.05) is 103 Å². The summed E-state index contributed by atoms with van der Waals surface area (Å²) in [4.78, 5) is 29.7. The van der Waals surface area contributed by atoms with Gasteiger partial charge in [-0.2, -0.15) is 5.10 Å². The standard InChI is InChI=1S/C42H41N5O3.ClH/c1-50-37-22-16-31(17-23-37)18-25-39-38-24-21-36(41(48)44-29-32-10-4-2-5-11-32)28-40(38)46(42(49)47(45-39)27-9-8-26-43)30-33-14-19-35(20-15-33)34-12-6-3-7-13-34;/h2-7,10-25,28H,8-9,26-27,29-30,43H2,1H3,(H,44,48);1H/b25-18+;. The molecule has 5 aromatic carbocycles. The maximum Gasteiger partial charge on any atom is 0.345 e. The van der Waals surface area contributed by atoms with Gasteiger partial charge in [0.15, 0.2) is 0 Å². The minimum Gasteiger partial charge on any atom is -0.497 e. The van der Waals surface area contributed by atoms with E-state index in [9.17, 15) is 9.59 Å². The van der Waals surface area contributed by atoms with Gasteiger partial charge in [0.05, 0.1) is 25.1 Å². The van der Waals surface area contributed by atoms with E-state index in [2.05, 4.69) is 29.6 Å². The van der Waals surface area contributed by atoms with Crippen molar-refractivity contribution in [1.29, 1.82) is 0 Å². The Morgan fingerprint density at radius 3 is 2.18 bits per heavy atom. The summed E-state index contributed by atoms with van der Waals surface area (Å²) >= 11 is 0. The van der Waals surface area contributed by atoms with Crippen LogP contribution < -0.4 is 20.7 Å². The Hall–Kier alpha value is -5.70. The van der Waals surface area contributed by atoms with Crippen LogP contribution in [-0.4, -0.2) is 42.9 Å². The third-order valence-corrected chi connectivity index (χ3v) is 8.58. The van der Waals surface area contributed by atoms with E-state index in [0.717, 1.165) is 45.6 Å². The predicted octanol–water partition coefficient (Wildman–Crippen LogP) is 8.31. The molecule has 1 heterocycles. The van der Waals surface area contributed by atoms with Gasteiger partial charge in [-0.25, -0.2) is 9.80 Å². The third kappa shape index (κ3) is 9.30. The van der Waals surface area contributed by atoms with Gasteiger partial charge in [-0.05, 0) is 83.6 Å². The number of nitrogens with one attached hydrogen (secondary N) is 1. The van der Waals surface area contributed by atoms with Crippen molar-refractivity contribution < 1.29 is 14.3 Å². The summed E-state index contributed by atoms with van der Waals surface area (Å²) in [5.41, 5.74) is 13.3. The van der Waals surface area contributed by atoms with Crippen LogP contribution in [0.3, 0.4) is 0 Å². The second kappa shape index (κ2) is 17.8. The van der Waals surface area contributed by atoms with Crippen molar-refractivity contribution in [2.24, 2.45) is 10.8 Å². The Kier molecular flexibility index (Phi) is 12.8. The minimum absolute atomic E-state index is 0. The molecule has 0 saturated carbocycles. The zero-order valence-electron chi connectivity index (χ0n) is 28.6. The van der Waals surface area contributed by atoms with E-state index in [-0.39, 0.29) is 30.9 Å². The van der Waals surface area contributed by atoms with E-state index in [4.69, 9.17) is 15.6 Å². The highest BCUT2D eigenvalue weighted by Crippen LogP contribution is 2.31. The summed E-state index contributed by atoms with van der Waals surface area (Å²) in [7, 11) is 1.64. The van der Waals surface area contributed by atoms with Crippen molar-refractivity contribution in [3.63, 3.8) is 0 Å². The van der Waals surface area contributed by atoms with Crippen molar-refractivity contribution in [3.8, 4) is 16.9 Å². The number of carbonyl (C=O) groups excluding carboxylic acids is 2. The Morgan fingerprint density at radius 2 is 1.49 bits per heavy atom. The first-order valence-corrected chi connectivity index (χ1v) is 16.8. The number of fused-ring (bicyclic) bond motifs is 1. The Balaban J connectivity index is 0.00000504. The number of unbranched alkanes of at least 4 members (excludes halogenated alkanes) is 1. The lowest BCUT2D eigenvalue weighted by molar-refractivity contribution is 0.0951. The lowest BCUT2D eigenvalue weighted by Crippen LogP contribution is -2.40. The Bertz CT molecular complexity index is 1960. The zero-order valence-corrected chi connectivity index (χ0v) is 29.4. The largest absolute Gasteiger partial charge is 0.497 e. The number of nitrogens with zero attached hydrogens (tertiary/aromatic N) is 3. The molecular formula is C42H42ClN5O3. The van der Waals surface area contributed by atoms with Gasteiger partial charge in [0.1, 0.15) is 5.75 Å². The van der Waals surface area contributed by atoms with Crippen molar-refractivity contribution in [3.05, 3.63) is 161 Å². The molecule has 0 bridgehead atoms. The number of urea groups is 1. The fourth-order valence-corrected chi connectivity index (χ4v) is 5.80. The number of nitrogens with two attached hydrogens (primary N) is 1. The average molecular weight is 700 g/mol. The molecule has 0 aromatic heterocycles. The van der Waals surface area contributed by atoms with Gasteiger partial charge in [0, 0.05) is 24.2 Å². The molecule has 0 unspecified atom stereocenters. The number of hydrazone groups is 1. The maximum atomic E-state index is 14.5. The first-order chi connectivity index (χ1) is 24.5. The number of benzene rings is 5. The molecule has 8 nitrogen and oxygen atoms in total. The third-order valence-electron chi connectivity index (χ3n) is 8.58. The topological polar surface area (TPSA) is 100 Å². The van der Waals surface area contributed by atoms with Gasteiger partial charge in [-0.3, -0.25) is 9.69 Å². The monoisotopic (exact) mass is 699 g/mol. The van der Waals surface area contributed by atoms with Crippen LogP contribution in [-0.2, 0) is 13.1 Å². The molecule has 5 aromatic rings. The molecular weight excluding hydrogens is 658 g/mol. The molecule has 0 radical (unpaired) electrons. The summed E-state index contributed by atoms with van der Waals surface area (Å²) in [6.45, 7) is 1.60. The predicted molar refractivity (Wildman–Crippen MR) is 208 cm³/mol. The number of amides is 3. The number of halogens is 1. The van der Waals surface area contributed by atoms with Crippen molar-refractivity contribution in [2.45, 2.75) is 25.9 Å². The summed E-state index contributed by atoms with van der Waals surface area (Å²) in [5.74, 6) is 0.536. The molecule has 1 aliphatic heterocycles. The smallest absolute Gasteiger partial charge is 0.345 e. The van der Waals surface area contributed by atoms with E-state index >= 15 is 0 Å². The number of hydrogen-bond acceptors (Lipinski definition) is 5. The number of methoxy groups -OCH3 is 1. The zero-order chi connectivity index (χ0) is 34.7. The van der Waals surface area contributed by atoms with Crippen molar-refractivity contribution in [1.82, 2.24) is 10.3 Å².